The molecule has 1 unspecified atom stereocenters. The monoisotopic (exact) mass is 327 g/mol. The number of benzene rings is 1. The second-order valence-electron chi connectivity index (χ2n) is 5.39. The third kappa shape index (κ3) is 6.08. The maximum Gasteiger partial charge on any atom is 0.315 e. The summed E-state index contributed by atoms with van der Waals surface area (Å²) >= 11 is 0. The lowest BCUT2D eigenvalue weighted by Crippen LogP contribution is -2.39. The van der Waals surface area contributed by atoms with Gasteiger partial charge >= 0.3 is 12.0 Å². The van der Waals surface area contributed by atoms with Crippen LogP contribution in [-0.4, -0.2) is 28.6 Å². The van der Waals surface area contributed by atoms with E-state index in [4.69, 9.17) is 5.11 Å². The molecular formula is C18H21N3O3. The molecule has 0 aliphatic heterocycles. The summed E-state index contributed by atoms with van der Waals surface area (Å²) in [5.41, 5.74) is 1.88. The standard InChI is InChI=1S/C18H21N3O3/c22-17(23)10-6-12-20-18(24)21-16(14-7-2-1-3-8-14)13-15-9-4-5-11-19-15/h1-5,7-9,11,16H,6,10,12-13H2,(H,22,23)(H2,20,21,24). The summed E-state index contributed by atoms with van der Waals surface area (Å²) in [6, 6.07) is 14.8. The number of nitrogens with zero attached hydrogens (tertiary/aromatic N) is 1. The normalized spacial score (nSPS) is 11.5. The van der Waals surface area contributed by atoms with Gasteiger partial charge in [-0.05, 0) is 24.1 Å². The summed E-state index contributed by atoms with van der Waals surface area (Å²) in [5.74, 6) is -0.866. The zero-order chi connectivity index (χ0) is 17.2. The average Bonchev–Trinajstić information content (AvgIpc) is 2.60. The minimum Gasteiger partial charge on any atom is -0.481 e. The number of carbonyl (C=O) groups is 2. The van der Waals surface area contributed by atoms with E-state index in [0.29, 0.717) is 19.4 Å². The van der Waals surface area contributed by atoms with E-state index >= 15 is 0 Å². The van der Waals surface area contributed by atoms with E-state index in [1.54, 1.807) is 6.20 Å². The van der Waals surface area contributed by atoms with Crippen LogP contribution in [0.2, 0.25) is 0 Å². The van der Waals surface area contributed by atoms with Gasteiger partial charge in [-0.15, -0.1) is 0 Å². The second-order valence-corrected chi connectivity index (χ2v) is 5.39. The fourth-order valence-corrected chi connectivity index (χ4v) is 2.32. The topological polar surface area (TPSA) is 91.3 Å². The Labute approximate surface area is 140 Å². The molecule has 0 saturated carbocycles. The van der Waals surface area contributed by atoms with Crippen molar-refractivity contribution < 1.29 is 14.7 Å². The van der Waals surface area contributed by atoms with Crippen molar-refractivity contribution in [2.45, 2.75) is 25.3 Å². The molecule has 0 fully saturated rings. The first-order valence-electron chi connectivity index (χ1n) is 7.86. The van der Waals surface area contributed by atoms with Crippen LogP contribution in [0.1, 0.15) is 30.1 Å². The first-order valence-corrected chi connectivity index (χ1v) is 7.86. The van der Waals surface area contributed by atoms with Gasteiger partial charge in [-0.3, -0.25) is 9.78 Å². The number of pyridine rings is 1. The molecule has 2 rings (SSSR count). The Morgan fingerprint density at radius 3 is 2.50 bits per heavy atom. The summed E-state index contributed by atoms with van der Waals surface area (Å²) in [7, 11) is 0. The Morgan fingerprint density at radius 2 is 1.83 bits per heavy atom. The molecule has 1 aromatic carbocycles. The Balaban J connectivity index is 1.96. The Kier molecular flexibility index (Phi) is 6.76. The molecule has 0 spiro atoms. The van der Waals surface area contributed by atoms with E-state index in [2.05, 4.69) is 15.6 Å². The molecule has 24 heavy (non-hydrogen) atoms. The highest BCUT2D eigenvalue weighted by Crippen LogP contribution is 2.17. The summed E-state index contributed by atoms with van der Waals surface area (Å²) in [6.45, 7) is 0.323. The highest BCUT2D eigenvalue weighted by atomic mass is 16.4. The molecule has 6 nitrogen and oxygen atoms in total. The van der Waals surface area contributed by atoms with Gasteiger partial charge < -0.3 is 15.7 Å². The van der Waals surface area contributed by atoms with Gasteiger partial charge in [-0.2, -0.15) is 0 Å². The Hall–Kier alpha value is -2.89. The lowest BCUT2D eigenvalue weighted by Gasteiger charge is -2.19. The van der Waals surface area contributed by atoms with Crippen molar-refractivity contribution >= 4 is 12.0 Å². The van der Waals surface area contributed by atoms with E-state index in [1.165, 1.54) is 0 Å². The Bertz CT molecular complexity index is 647. The number of amides is 2. The van der Waals surface area contributed by atoms with Gasteiger partial charge in [0, 0.05) is 31.3 Å². The zero-order valence-corrected chi connectivity index (χ0v) is 13.3. The second kappa shape index (κ2) is 9.29. The van der Waals surface area contributed by atoms with E-state index in [-0.39, 0.29) is 18.5 Å². The molecule has 0 bridgehead atoms. The number of carboxylic acid groups (broad SMARTS) is 1. The predicted molar refractivity (Wildman–Crippen MR) is 90.5 cm³/mol. The van der Waals surface area contributed by atoms with Crippen molar-refractivity contribution in [3.05, 3.63) is 66.0 Å². The molecule has 126 valence electrons. The minimum absolute atomic E-state index is 0.0380. The van der Waals surface area contributed by atoms with Crippen molar-refractivity contribution in [3.63, 3.8) is 0 Å². The van der Waals surface area contributed by atoms with E-state index < -0.39 is 5.97 Å². The van der Waals surface area contributed by atoms with Crippen LogP contribution in [0.25, 0.3) is 0 Å². The molecule has 0 aliphatic rings. The van der Waals surface area contributed by atoms with Crippen molar-refractivity contribution in [1.82, 2.24) is 15.6 Å². The quantitative estimate of drug-likeness (QED) is 0.650. The van der Waals surface area contributed by atoms with Crippen LogP contribution in [-0.2, 0) is 11.2 Å². The van der Waals surface area contributed by atoms with Gasteiger partial charge in [0.2, 0.25) is 0 Å². The average molecular weight is 327 g/mol. The summed E-state index contributed by atoms with van der Waals surface area (Å²) < 4.78 is 0. The molecule has 6 heteroatoms. The SMILES string of the molecule is O=C(O)CCCNC(=O)NC(Cc1ccccn1)c1ccccc1. The van der Waals surface area contributed by atoms with E-state index in [9.17, 15) is 9.59 Å². The molecule has 0 aliphatic carbocycles. The molecule has 1 atom stereocenters. The number of aliphatic carboxylic acids is 1. The lowest BCUT2D eigenvalue weighted by molar-refractivity contribution is -0.137. The van der Waals surface area contributed by atoms with Crippen LogP contribution in [0.4, 0.5) is 4.79 Å². The van der Waals surface area contributed by atoms with Crippen molar-refractivity contribution in [2.24, 2.45) is 0 Å². The maximum absolute atomic E-state index is 12.1. The fourth-order valence-electron chi connectivity index (χ4n) is 2.32. The number of urea groups is 1. The molecule has 2 amide bonds. The molecular weight excluding hydrogens is 306 g/mol. The lowest BCUT2D eigenvalue weighted by atomic mass is 10.0. The summed E-state index contributed by atoms with van der Waals surface area (Å²) in [5, 5.41) is 14.2. The van der Waals surface area contributed by atoms with Crippen LogP contribution in [0.15, 0.2) is 54.7 Å². The number of nitrogens with one attached hydrogen (secondary N) is 2. The van der Waals surface area contributed by atoms with Gasteiger partial charge in [0.1, 0.15) is 0 Å². The molecule has 0 saturated heterocycles. The third-order valence-corrected chi connectivity index (χ3v) is 3.50. The number of aromatic nitrogens is 1. The summed E-state index contributed by atoms with van der Waals surface area (Å²) in [4.78, 5) is 26.9. The van der Waals surface area contributed by atoms with Gasteiger partial charge in [0.05, 0.1) is 6.04 Å². The number of hydrogen-bond donors (Lipinski definition) is 3. The predicted octanol–water partition coefficient (Wildman–Crippen LogP) is 2.53. The Morgan fingerprint density at radius 1 is 1.08 bits per heavy atom. The van der Waals surface area contributed by atoms with Gasteiger partial charge in [0.15, 0.2) is 0 Å². The number of rotatable bonds is 8. The maximum atomic E-state index is 12.1. The van der Waals surface area contributed by atoms with E-state index in [0.717, 1.165) is 11.3 Å². The number of hydrogen-bond acceptors (Lipinski definition) is 3. The van der Waals surface area contributed by atoms with Crippen LogP contribution in [0, 0.1) is 0 Å². The van der Waals surface area contributed by atoms with Crippen LogP contribution >= 0.6 is 0 Å². The first-order chi connectivity index (χ1) is 11.6. The van der Waals surface area contributed by atoms with Gasteiger partial charge in [-0.25, -0.2) is 4.79 Å². The highest BCUT2D eigenvalue weighted by molar-refractivity contribution is 5.74. The highest BCUT2D eigenvalue weighted by Gasteiger charge is 2.15. The van der Waals surface area contributed by atoms with Crippen molar-refractivity contribution in [2.75, 3.05) is 6.54 Å². The molecule has 3 N–H and O–H groups in total. The van der Waals surface area contributed by atoms with Crippen LogP contribution in [0.5, 0.6) is 0 Å². The minimum atomic E-state index is -0.866. The van der Waals surface area contributed by atoms with Gasteiger partial charge in [-0.1, -0.05) is 36.4 Å². The smallest absolute Gasteiger partial charge is 0.315 e. The zero-order valence-electron chi connectivity index (χ0n) is 13.3. The van der Waals surface area contributed by atoms with E-state index in [1.807, 2.05) is 48.5 Å². The number of carbonyl (C=O) groups excluding carboxylic acids is 1. The number of carboxylic acids is 1. The van der Waals surface area contributed by atoms with Crippen molar-refractivity contribution in [3.8, 4) is 0 Å². The van der Waals surface area contributed by atoms with Crippen molar-refractivity contribution in [1.29, 1.82) is 0 Å². The molecule has 2 aromatic rings. The first kappa shape index (κ1) is 17.5. The summed E-state index contributed by atoms with van der Waals surface area (Å²) in [6.07, 6.45) is 2.74. The third-order valence-electron chi connectivity index (χ3n) is 3.50. The molecule has 0 radical (unpaired) electrons. The van der Waals surface area contributed by atoms with Gasteiger partial charge in [0.25, 0.3) is 0 Å². The molecule has 1 aromatic heterocycles. The van der Waals surface area contributed by atoms with Crippen LogP contribution < -0.4 is 10.6 Å². The largest absolute Gasteiger partial charge is 0.481 e. The molecule has 1 heterocycles. The van der Waals surface area contributed by atoms with Crippen LogP contribution in [0.3, 0.4) is 0 Å². The fraction of sp³-hybridized carbons (Fsp3) is 0.278.